The van der Waals surface area contributed by atoms with Crippen LogP contribution in [0.4, 0.5) is 4.39 Å². The molecule has 6 nitrogen and oxygen atoms in total. The van der Waals surface area contributed by atoms with E-state index in [0.29, 0.717) is 17.8 Å². The maximum atomic E-state index is 13.2. The first-order valence-corrected chi connectivity index (χ1v) is 8.91. The van der Waals surface area contributed by atoms with E-state index in [9.17, 15) is 14.0 Å². The van der Waals surface area contributed by atoms with Gasteiger partial charge >= 0.3 is 5.97 Å². The third-order valence-electron chi connectivity index (χ3n) is 4.06. The molecule has 0 unspecified atom stereocenters. The van der Waals surface area contributed by atoms with E-state index in [2.05, 4.69) is 5.10 Å². The molecule has 2 heterocycles. The van der Waals surface area contributed by atoms with Crippen LogP contribution in [0.5, 0.6) is 0 Å². The van der Waals surface area contributed by atoms with Gasteiger partial charge in [-0.25, -0.2) is 9.07 Å². The molecule has 8 heteroatoms. The Kier molecular flexibility index (Phi) is 5.03. The molecule has 3 aromatic rings. The summed E-state index contributed by atoms with van der Waals surface area (Å²) in [7, 11) is 1.66. The van der Waals surface area contributed by atoms with Gasteiger partial charge in [0, 0.05) is 25.4 Å². The summed E-state index contributed by atoms with van der Waals surface area (Å²) in [6.07, 6.45) is 0.438. The number of thiophene rings is 1. The summed E-state index contributed by atoms with van der Waals surface area (Å²) in [6.45, 7) is 2.24. The highest BCUT2D eigenvalue weighted by Gasteiger charge is 2.19. The minimum absolute atomic E-state index is 0.0304. The highest BCUT2D eigenvalue weighted by Crippen LogP contribution is 2.31. The van der Waals surface area contributed by atoms with Crippen LogP contribution in [0, 0.1) is 12.7 Å². The van der Waals surface area contributed by atoms with E-state index in [1.54, 1.807) is 29.9 Å². The fraction of sp³-hybridized carbons (Fsp3) is 0.278. The van der Waals surface area contributed by atoms with Crippen LogP contribution in [-0.2, 0) is 4.79 Å². The molecule has 0 radical (unpaired) electrons. The summed E-state index contributed by atoms with van der Waals surface area (Å²) in [5.74, 6) is -1.34. The number of nitrogens with zero attached hydrogens (tertiary/aromatic N) is 3. The third-order valence-corrected chi connectivity index (χ3v) is 5.16. The lowest BCUT2D eigenvalue weighted by molar-refractivity contribution is -0.137. The van der Waals surface area contributed by atoms with Crippen LogP contribution < -0.4 is 0 Å². The van der Waals surface area contributed by atoms with E-state index in [1.807, 2.05) is 6.92 Å². The van der Waals surface area contributed by atoms with Crippen molar-refractivity contribution in [2.75, 3.05) is 13.6 Å². The molecule has 1 aromatic carbocycles. The van der Waals surface area contributed by atoms with Crippen LogP contribution in [0.25, 0.3) is 15.9 Å². The zero-order valence-corrected chi connectivity index (χ0v) is 15.2. The summed E-state index contributed by atoms with van der Waals surface area (Å²) in [5.41, 5.74) is 1.51. The molecule has 0 aliphatic heterocycles. The second-order valence-electron chi connectivity index (χ2n) is 6.03. The first kappa shape index (κ1) is 18.1. The highest BCUT2D eigenvalue weighted by atomic mass is 32.1. The quantitative estimate of drug-likeness (QED) is 0.716. The second-order valence-corrected chi connectivity index (χ2v) is 7.06. The molecule has 0 fully saturated rings. The third kappa shape index (κ3) is 3.60. The molecule has 0 aliphatic carbocycles. The molecule has 2 aromatic heterocycles. The Bertz CT molecular complexity index is 962. The Labute approximate surface area is 153 Å². The standard InChI is InChI=1S/C18H18FN3O3S/c1-11-14-10-15(17(25)21(2)9-3-4-16(23)24)26-18(14)22(20-11)13-7-5-12(19)6-8-13/h5-8,10H,3-4,9H2,1-2H3,(H,23,24). The van der Waals surface area contributed by atoms with Crippen LogP contribution in [0.15, 0.2) is 30.3 Å². The Hall–Kier alpha value is -2.74. The fourth-order valence-corrected chi connectivity index (χ4v) is 3.84. The van der Waals surface area contributed by atoms with E-state index in [0.717, 1.165) is 21.6 Å². The minimum Gasteiger partial charge on any atom is -0.481 e. The number of amides is 1. The molecule has 26 heavy (non-hydrogen) atoms. The van der Waals surface area contributed by atoms with Gasteiger partial charge in [-0.2, -0.15) is 5.10 Å². The van der Waals surface area contributed by atoms with Crippen molar-refractivity contribution in [2.45, 2.75) is 19.8 Å². The number of hydrogen-bond donors (Lipinski definition) is 1. The average molecular weight is 375 g/mol. The zero-order valence-electron chi connectivity index (χ0n) is 14.4. The predicted octanol–water partition coefficient (Wildman–Crippen LogP) is 3.47. The Morgan fingerprint density at radius 3 is 2.65 bits per heavy atom. The van der Waals surface area contributed by atoms with Gasteiger partial charge in [0.25, 0.3) is 5.91 Å². The van der Waals surface area contributed by atoms with Gasteiger partial charge in [0.1, 0.15) is 10.6 Å². The predicted molar refractivity (Wildman–Crippen MR) is 97.5 cm³/mol. The van der Waals surface area contributed by atoms with E-state index < -0.39 is 5.97 Å². The molecule has 0 spiro atoms. The van der Waals surface area contributed by atoms with Gasteiger partial charge < -0.3 is 10.0 Å². The van der Waals surface area contributed by atoms with Gasteiger partial charge in [0.15, 0.2) is 0 Å². The largest absolute Gasteiger partial charge is 0.481 e. The highest BCUT2D eigenvalue weighted by molar-refractivity contribution is 7.20. The number of fused-ring (bicyclic) bond motifs is 1. The van der Waals surface area contributed by atoms with E-state index in [-0.39, 0.29) is 18.1 Å². The number of carbonyl (C=O) groups excluding carboxylic acids is 1. The number of carboxylic acids is 1. The van der Waals surface area contributed by atoms with Crippen molar-refractivity contribution in [2.24, 2.45) is 0 Å². The lowest BCUT2D eigenvalue weighted by Crippen LogP contribution is -2.27. The fourth-order valence-electron chi connectivity index (χ4n) is 2.67. The Balaban J connectivity index is 1.87. The van der Waals surface area contributed by atoms with Crippen LogP contribution in [0.2, 0.25) is 0 Å². The molecule has 3 rings (SSSR count). The molecule has 1 N–H and O–H groups in total. The van der Waals surface area contributed by atoms with E-state index >= 15 is 0 Å². The van der Waals surface area contributed by atoms with Crippen molar-refractivity contribution >= 4 is 33.4 Å². The van der Waals surface area contributed by atoms with Crippen molar-refractivity contribution in [3.8, 4) is 5.69 Å². The van der Waals surface area contributed by atoms with Gasteiger partial charge in [-0.05, 0) is 43.7 Å². The minimum atomic E-state index is -0.872. The molecule has 1 amide bonds. The number of aryl methyl sites for hydroxylation is 1. The second kappa shape index (κ2) is 7.25. The Morgan fingerprint density at radius 2 is 2.00 bits per heavy atom. The lowest BCUT2D eigenvalue weighted by Gasteiger charge is -2.15. The molecular weight excluding hydrogens is 357 g/mol. The molecular formula is C18H18FN3O3S. The molecule has 136 valence electrons. The van der Waals surface area contributed by atoms with Crippen molar-refractivity contribution in [3.63, 3.8) is 0 Å². The number of rotatable bonds is 6. The number of hydrogen-bond acceptors (Lipinski definition) is 4. The molecule has 0 saturated carbocycles. The molecule has 0 saturated heterocycles. The summed E-state index contributed by atoms with van der Waals surface area (Å²) in [6, 6.07) is 7.82. The average Bonchev–Trinajstić information content (AvgIpc) is 3.15. The van der Waals surface area contributed by atoms with Crippen molar-refractivity contribution in [1.82, 2.24) is 14.7 Å². The van der Waals surface area contributed by atoms with Gasteiger partial charge in [0.05, 0.1) is 16.3 Å². The topological polar surface area (TPSA) is 75.4 Å². The number of benzene rings is 1. The van der Waals surface area contributed by atoms with Gasteiger partial charge in [0.2, 0.25) is 0 Å². The lowest BCUT2D eigenvalue weighted by atomic mass is 10.2. The number of carbonyl (C=O) groups is 2. The molecule has 0 atom stereocenters. The summed E-state index contributed by atoms with van der Waals surface area (Å²) in [4.78, 5) is 26.1. The normalized spacial score (nSPS) is 11.0. The smallest absolute Gasteiger partial charge is 0.303 e. The zero-order chi connectivity index (χ0) is 18.8. The molecule has 0 bridgehead atoms. The van der Waals surface area contributed by atoms with Crippen LogP contribution in [-0.4, -0.2) is 45.3 Å². The number of halogens is 1. The van der Waals surface area contributed by atoms with Gasteiger partial charge in [-0.1, -0.05) is 0 Å². The monoisotopic (exact) mass is 375 g/mol. The van der Waals surface area contributed by atoms with Crippen molar-refractivity contribution in [1.29, 1.82) is 0 Å². The maximum Gasteiger partial charge on any atom is 0.303 e. The number of aliphatic carboxylic acids is 1. The van der Waals surface area contributed by atoms with Crippen LogP contribution in [0.3, 0.4) is 0 Å². The van der Waals surface area contributed by atoms with Gasteiger partial charge in [-0.15, -0.1) is 11.3 Å². The van der Waals surface area contributed by atoms with Crippen molar-refractivity contribution in [3.05, 3.63) is 46.7 Å². The number of carboxylic acid groups (broad SMARTS) is 1. The SMILES string of the molecule is Cc1nn(-c2ccc(F)cc2)c2sc(C(=O)N(C)CCCC(=O)O)cc12. The van der Waals surface area contributed by atoms with E-state index in [4.69, 9.17) is 5.11 Å². The summed E-state index contributed by atoms with van der Waals surface area (Å²) >= 11 is 1.32. The Morgan fingerprint density at radius 1 is 1.31 bits per heavy atom. The number of aromatic nitrogens is 2. The van der Waals surface area contributed by atoms with Crippen LogP contribution >= 0.6 is 11.3 Å². The molecule has 0 aliphatic rings. The summed E-state index contributed by atoms with van der Waals surface area (Å²) < 4.78 is 14.9. The van der Waals surface area contributed by atoms with Crippen molar-refractivity contribution < 1.29 is 19.1 Å². The first-order valence-electron chi connectivity index (χ1n) is 8.09. The first-order chi connectivity index (χ1) is 12.4. The van der Waals surface area contributed by atoms with Crippen LogP contribution in [0.1, 0.15) is 28.2 Å². The maximum absolute atomic E-state index is 13.2. The van der Waals surface area contributed by atoms with E-state index in [1.165, 1.54) is 28.4 Å². The summed E-state index contributed by atoms with van der Waals surface area (Å²) in [5, 5.41) is 14.1. The van der Waals surface area contributed by atoms with Gasteiger partial charge in [-0.3, -0.25) is 9.59 Å².